The Balaban J connectivity index is 1.96. The molecule has 1 N–H and O–H groups in total. The van der Waals surface area contributed by atoms with Crippen molar-refractivity contribution in [2.75, 3.05) is 32.9 Å². The van der Waals surface area contributed by atoms with Crippen LogP contribution in [0.1, 0.15) is 19.1 Å². The van der Waals surface area contributed by atoms with Gasteiger partial charge >= 0.3 is 5.97 Å². The third-order valence-electron chi connectivity index (χ3n) is 2.25. The van der Waals surface area contributed by atoms with Crippen molar-refractivity contribution in [2.45, 2.75) is 13.3 Å². The van der Waals surface area contributed by atoms with E-state index in [1.165, 1.54) is 6.08 Å². The second-order valence-corrected chi connectivity index (χ2v) is 3.88. The van der Waals surface area contributed by atoms with Gasteiger partial charge in [-0.2, -0.15) is 0 Å². The molecule has 0 unspecified atom stereocenters. The van der Waals surface area contributed by atoms with E-state index in [0.717, 1.165) is 19.5 Å². The SMILES string of the molecule is CCCNCCOCCOC(=O)/C=C/c1ccco1. The molecule has 0 radical (unpaired) electrons. The van der Waals surface area contributed by atoms with Crippen LogP contribution in [-0.2, 0) is 14.3 Å². The summed E-state index contributed by atoms with van der Waals surface area (Å²) < 4.78 is 15.3. The molecular formula is C14H21NO4. The first-order chi connectivity index (χ1) is 9.33. The number of hydrogen-bond donors (Lipinski definition) is 1. The minimum Gasteiger partial charge on any atom is -0.465 e. The zero-order valence-corrected chi connectivity index (χ0v) is 11.3. The van der Waals surface area contributed by atoms with Crippen LogP contribution in [0.4, 0.5) is 0 Å². The van der Waals surface area contributed by atoms with Gasteiger partial charge < -0.3 is 19.2 Å². The highest BCUT2D eigenvalue weighted by atomic mass is 16.6. The summed E-state index contributed by atoms with van der Waals surface area (Å²) in [4.78, 5) is 11.3. The Morgan fingerprint density at radius 2 is 2.26 bits per heavy atom. The lowest BCUT2D eigenvalue weighted by Crippen LogP contribution is -2.21. The maximum absolute atomic E-state index is 11.3. The van der Waals surface area contributed by atoms with E-state index in [2.05, 4.69) is 12.2 Å². The average molecular weight is 267 g/mol. The Bertz CT molecular complexity index is 360. The highest BCUT2D eigenvalue weighted by molar-refractivity contribution is 5.86. The Labute approximate surface area is 113 Å². The summed E-state index contributed by atoms with van der Waals surface area (Å²) >= 11 is 0. The topological polar surface area (TPSA) is 60.7 Å². The van der Waals surface area contributed by atoms with Crippen molar-refractivity contribution in [3.8, 4) is 0 Å². The van der Waals surface area contributed by atoms with Crippen LogP contribution in [0.2, 0.25) is 0 Å². The van der Waals surface area contributed by atoms with Gasteiger partial charge in [0.15, 0.2) is 0 Å². The summed E-state index contributed by atoms with van der Waals surface area (Å²) in [6.07, 6.45) is 5.56. The van der Waals surface area contributed by atoms with Crippen LogP contribution in [-0.4, -0.2) is 38.9 Å². The van der Waals surface area contributed by atoms with Crippen molar-refractivity contribution in [1.29, 1.82) is 0 Å². The fourth-order valence-corrected chi connectivity index (χ4v) is 1.33. The Hall–Kier alpha value is -1.59. The lowest BCUT2D eigenvalue weighted by Gasteiger charge is -2.05. The minimum absolute atomic E-state index is 0.259. The van der Waals surface area contributed by atoms with Crippen molar-refractivity contribution in [3.05, 3.63) is 30.2 Å². The van der Waals surface area contributed by atoms with Crippen molar-refractivity contribution in [1.82, 2.24) is 5.32 Å². The molecule has 0 aliphatic rings. The molecule has 5 nitrogen and oxygen atoms in total. The van der Waals surface area contributed by atoms with Crippen LogP contribution in [0.15, 0.2) is 28.9 Å². The number of rotatable bonds is 10. The molecule has 0 aromatic carbocycles. The maximum atomic E-state index is 11.3. The van der Waals surface area contributed by atoms with Crippen LogP contribution in [0.3, 0.4) is 0 Å². The first kappa shape index (κ1) is 15.5. The second kappa shape index (κ2) is 10.3. The number of furan rings is 1. The normalized spacial score (nSPS) is 11.0. The predicted octanol–water partition coefficient (Wildman–Crippen LogP) is 1.85. The fourth-order valence-electron chi connectivity index (χ4n) is 1.33. The van der Waals surface area contributed by atoms with E-state index in [1.807, 2.05) is 0 Å². The number of esters is 1. The summed E-state index contributed by atoms with van der Waals surface area (Å²) in [7, 11) is 0. The van der Waals surface area contributed by atoms with Gasteiger partial charge in [-0.05, 0) is 31.2 Å². The first-order valence-electron chi connectivity index (χ1n) is 6.49. The van der Waals surface area contributed by atoms with E-state index in [9.17, 15) is 4.79 Å². The van der Waals surface area contributed by atoms with Crippen molar-refractivity contribution >= 4 is 12.0 Å². The number of carbonyl (C=O) groups is 1. The van der Waals surface area contributed by atoms with Gasteiger partial charge in [0.1, 0.15) is 12.4 Å². The quantitative estimate of drug-likeness (QED) is 0.398. The first-order valence-corrected chi connectivity index (χ1v) is 6.49. The van der Waals surface area contributed by atoms with Gasteiger partial charge in [0.25, 0.3) is 0 Å². The minimum atomic E-state index is -0.399. The molecule has 0 spiro atoms. The van der Waals surface area contributed by atoms with Crippen LogP contribution >= 0.6 is 0 Å². The molecule has 5 heteroatoms. The maximum Gasteiger partial charge on any atom is 0.330 e. The highest BCUT2D eigenvalue weighted by Crippen LogP contribution is 2.02. The molecule has 0 bridgehead atoms. The van der Waals surface area contributed by atoms with E-state index in [0.29, 0.717) is 19.0 Å². The van der Waals surface area contributed by atoms with E-state index in [1.54, 1.807) is 24.5 Å². The summed E-state index contributed by atoms with van der Waals surface area (Å²) in [5.74, 6) is 0.222. The van der Waals surface area contributed by atoms with Gasteiger partial charge in [-0.1, -0.05) is 6.92 Å². The number of hydrogen-bond acceptors (Lipinski definition) is 5. The average Bonchev–Trinajstić information content (AvgIpc) is 2.93. The van der Waals surface area contributed by atoms with Gasteiger partial charge in [-0.25, -0.2) is 4.79 Å². The molecule has 1 aromatic rings. The monoisotopic (exact) mass is 267 g/mol. The van der Waals surface area contributed by atoms with E-state index in [-0.39, 0.29) is 6.61 Å². The lowest BCUT2D eigenvalue weighted by molar-refractivity contribution is -0.139. The van der Waals surface area contributed by atoms with Crippen LogP contribution in [0.25, 0.3) is 6.08 Å². The summed E-state index contributed by atoms with van der Waals surface area (Å²) in [5, 5.41) is 3.22. The molecule has 1 rings (SSSR count). The van der Waals surface area contributed by atoms with Crippen LogP contribution in [0.5, 0.6) is 0 Å². The van der Waals surface area contributed by atoms with Gasteiger partial charge in [-0.15, -0.1) is 0 Å². The standard InChI is InChI=1S/C14H21NO4/c1-2-7-15-8-10-17-11-12-19-14(16)6-5-13-4-3-9-18-13/h3-6,9,15H,2,7-8,10-12H2,1H3/b6-5+. The molecule has 0 saturated carbocycles. The molecule has 0 aliphatic heterocycles. The van der Waals surface area contributed by atoms with Crippen LogP contribution in [0, 0.1) is 0 Å². The van der Waals surface area contributed by atoms with Gasteiger partial charge in [0.2, 0.25) is 0 Å². The summed E-state index contributed by atoms with van der Waals surface area (Å²) in [6, 6.07) is 3.52. The Morgan fingerprint density at radius 1 is 1.37 bits per heavy atom. The van der Waals surface area contributed by atoms with E-state index < -0.39 is 5.97 Å². The third-order valence-corrected chi connectivity index (χ3v) is 2.25. The number of carbonyl (C=O) groups excluding carboxylic acids is 1. The number of ether oxygens (including phenoxy) is 2. The van der Waals surface area contributed by atoms with E-state index >= 15 is 0 Å². The molecule has 1 aromatic heterocycles. The van der Waals surface area contributed by atoms with Gasteiger partial charge in [0.05, 0.1) is 19.5 Å². The number of nitrogens with one attached hydrogen (secondary N) is 1. The smallest absolute Gasteiger partial charge is 0.330 e. The zero-order valence-electron chi connectivity index (χ0n) is 11.3. The zero-order chi connectivity index (χ0) is 13.8. The van der Waals surface area contributed by atoms with Gasteiger partial charge in [-0.3, -0.25) is 0 Å². The Kier molecular flexibility index (Phi) is 8.42. The molecular weight excluding hydrogens is 246 g/mol. The molecule has 0 saturated heterocycles. The molecule has 1 heterocycles. The molecule has 0 amide bonds. The van der Waals surface area contributed by atoms with Crippen LogP contribution < -0.4 is 5.32 Å². The molecule has 0 fully saturated rings. The summed E-state index contributed by atoms with van der Waals surface area (Å²) in [6.45, 7) is 5.22. The highest BCUT2D eigenvalue weighted by Gasteiger charge is 1.97. The largest absolute Gasteiger partial charge is 0.465 e. The van der Waals surface area contributed by atoms with E-state index in [4.69, 9.17) is 13.9 Å². The lowest BCUT2D eigenvalue weighted by atomic mass is 10.4. The summed E-state index contributed by atoms with van der Waals surface area (Å²) in [5.41, 5.74) is 0. The molecule has 0 aliphatic carbocycles. The molecule has 106 valence electrons. The molecule has 0 atom stereocenters. The van der Waals surface area contributed by atoms with Crippen molar-refractivity contribution in [3.63, 3.8) is 0 Å². The van der Waals surface area contributed by atoms with Crippen molar-refractivity contribution in [2.24, 2.45) is 0 Å². The predicted molar refractivity (Wildman–Crippen MR) is 72.7 cm³/mol. The molecule has 19 heavy (non-hydrogen) atoms. The van der Waals surface area contributed by atoms with Crippen molar-refractivity contribution < 1.29 is 18.7 Å². The third kappa shape index (κ3) is 8.18. The fraction of sp³-hybridized carbons (Fsp3) is 0.500. The van der Waals surface area contributed by atoms with Gasteiger partial charge in [0, 0.05) is 12.6 Å². The Morgan fingerprint density at radius 3 is 3.00 bits per heavy atom. The second-order valence-electron chi connectivity index (χ2n) is 3.88.